The molecule has 0 aliphatic heterocycles. The van der Waals surface area contributed by atoms with Gasteiger partial charge in [-0.15, -0.1) is 11.3 Å². The lowest BCUT2D eigenvalue weighted by Crippen LogP contribution is -2.74. The third-order valence-corrected chi connectivity index (χ3v) is 18.4. The van der Waals surface area contributed by atoms with Crippen molar-refractivity contribution in [2.75, 3.05) is 0 Å². The fraction of sp³-hybridized carbons (Fsp3) is 0. The second-order valence-electron chi connectivity index (χ2n) is 15.6. The maximum absolute atomic E-state index is 2.70. The number of hydrogen-bond acceptors (Lipinski definition) is 1. The molecule has 12 aromatic rings. The van der Waals surface area contributed by atoms with E-state index >= 15 is 0 Å². The van der Waals surface area contributed by atoms with E-state index in [1.165, 1.54) is 90.6 Å². The van der Waals surface area contributed by atoms with Crippen molar-refractivity contribution in [3.63, 3.8) is 0 Å². The van der Waals surface area contributed by atoms with Crippen LogP contribution in [-0.2, 0) is 0 Å². The zero-order chi connectivity index (χ0) is 39.6. The first-order valence-corrected chi connectivity index (χ1v) is 23.4. The summed E-state index contributed by atoms with van der Waals surface area (Å²) in [4.78, 5) is 1.28. The van der Waals surface area contributed by atoms with E-state index in [2.05, 4.69) is 240 Å². The normalized spacial score (nSPS) is 12.0. The van der Waals surface area contributed by atoms with E-state index in [0.717, 1.165) is 5.69 Å². The van der Waals surface area contributed by atoms with Crippen LogP contribution in [0.15, 0.2) is 231 Å². The first-order valence-electron chi connectivity index (χ1n) is 20.6. The highest BCUT2D eigenvalue weighted by Crippen LogP contribution is 2.45. The number of rotatable bonds is 7. The van der Waals surface area contributed by atoms with Gasteiger partial charge in [0.2, 0.25) is 0 Å². The average Bonchev–Trinajstić information content (AvgIpc) is 3.98. The lowest BCUT2D eigenvalue weighted by Gasteiger charge is -2.34. The lowest BCUT2D eigenvalue weighted by molar-refractivity contribution is 1.18. The largest absolute Gasteiger partial charge is 0.309 e. The standard InChI is InChI=1S/C56H38N2SSi/c1-5-18-40(19-6-1)58-55-46(28-17-29-49(55)54-48-27-14-16-31-53(48)59-56(54)58)39-32-34-41(35-33-39)57-51-30-15-13-26-47(51)50-38-45(36-37-52(50)57)60(42-20-7-2-8-21-42,43-22-9-3-10-23-43)44-24-11-4-12-25-44/h1-38H. The van der Waals surface area contributed by atoms with Gasteiger partial charge in [0.05, 0.1) is 16.6 Å². The predicted molar refractivity (Wildman–Crippen MR) is 260 cm³/mol. The molecule has 4 heteroatoms. The van der Waals surface area contributed by atoms with Gasteiger partial charge in [0.1, 0.15) is 4.83 Å². The molecule has 0 unspecified atom stereocenters. The van der Waals surface area contributed by atoms with Crippen LogP contribution in [0.25, 0.3) is 75.5 Å². The predicted octanol–water partition coefficient (Wildman–Crippen LogP) is 12.1. The average molecular weight is 799 g/mol. The van der Waals surface area contributed by atoms with Crippen molar-refractivity contribution in [3.05, 3.63) is 231 Å². The second kappa shape index (κ2) is 14.0. The van der Waals surface area contributed by atoms with Gasteiger partial charge in [-0.05, 0) is 68.8 Å². The zero-order valence-electron chi connectivity index (χ0n) is 32.7. The minimum Gasteiger partial charge on any atom is -0.309 e. The van der Waals surface area contributed by atoms with Gasteiger partial charge in [-0.25, -0.2) is 0 Å². The molecule has 12 rings (SSSR count). The first-order chi connectivity index (χ1) is 29.8. The molecule has 0 spiro atoms. The van der Waals surface area contributed by atoms with E-state index in [1.54, 1.807) is 0 Å². The lowest BCUT2D eigenvalue weighted by atomic mass is 10.0. The third kappa shape index (κ3) is 5.18. The van der Waals surface area contributed by atoms with Crippen molar-refractivity contribution in [2.24, 2.45) is 0 Å². The molecule has 0 saturated carbocycles. The first kappa shape index (κ1) is 34.8. The molecule has 0 N–H and O–H groups in total. The Balaban J connectivity index is 1.05. The van der Waals surface area contributed by atoms with Crippen molar-refractivity contribution in [2.45, 2.75) is 0 Å². The Hall–Kier alpha value is -7.24. The summed E-state index contributed by atoms with van der Waals surface area (Å²) in [6.07, 6.45) is 0. The van der Waals surface area contributed by atoms with E-state index in [-0.39, 0.29) is 0 Å². The van der Waals surface area contributed by atoms with Crippen LogP contribution < -0.4 is 20.7 Å². The number of para-hydroxylation sites is 3. The van der Waals surface area contributed by atoms with Crippen LogP contribution in [0.5, 0.6) is 0 Å². The molecule has 0 bridgehead atoms. The molecule has 60 heavy (non-hydrogen) atoms. The fourth-order valence-corrected chi connectivity index (χ4v) is 15.9. The van der Waals surface area contributed by atoms with Crippen molar-refractivity contribution in [1.82, 2.24) is 9.13 Å². The molecule has 3 heterocycles. The van der Waals surface area contributed by atoms with Crippen LogP contribution in [0, 0.1) is 0 Å². The van der Waals surface area contributed by atoms with Crippen LogP contribution in [0.1, 0.15) is 0 Å². The van der Waals surface area contributed by atoms with Crippen molar-refractivity contribution in [1.29, 1.82) is 0 Å². The Morgan fingerprint density at radius 2 is 0.883 bits per heavy atom. The summed E-state index contributed by atoms with van der Waals surface area (Å²) < 4.78 is 6.24. The molecular weight excluding hydrogens is 761 g/mol. The highest BCUT2D eigenvalue weighted by Gasteiger charge is 2.41. The van der Waals surface area contributed by atoms with Crippen LogP contribution in [-0.4, -0.2) is 17.2 Å². The van der Waals surface area contributed by atoms with Gasteiger partial charge in [0.25, 0.3) is 0 Å². The van der Waals surface area contributed by atoms with E-state index in [9.17, 15) is 0 Å². The molecule has 3 aromatic heterocycles. The van der Waals surface area contributed by atoms with Gasteiger partial charge in [-0.1, -0.05) is 188 Å². The molecule has 0 fully saturated rings. The van der Waals surface area contributed by atoms with Crippen molar-refractivity contribution < 1.29 is 0 Å². The number of aromatic nitrogens is 2. The molecule has 0 aliphatic rings. The van der Waals surface area contributed by atoms with Gasteiger partial charge < -0.3 is 9.13 Å². The van der Waals surface area contributed by atoms with Crippen LogP contribution in [0.3, 0.4) is 0 Å². The van der Waals surface area contributed by atoms with E-state index in [1.807, 2.05) is 11.3 Å². The number of hydrogen-bond donors (Lipinski definition) is 0. The second-order valence-corrected chi connectivity index (χ2v) is 20.5. The van der Waals surface area contributed by atoms with Gasteiger partial charge in [0, 0.05) is 48.6 Å². The van der Waals surface area contributed by atoms with Crippen LogP contribution in [0.4, 0.5) is 0 Å². The van der Waals surface area contributed by atoms with Crippen molar-refractivity contribution in [3.8, 4) is 22.5 Å². The Morgan fingerprint density at radius 3 is 1.55 bits per heavy atom. The van der Waals surface area contributed by atoms with E-state index in [0.29, 0.717) is 0 Å². The Kier molecular flexibility index (Phi) is 8.08. The van der Waals surface area contributed by atoms with Gasteiger partial charge >= 0.3 is 0 Å². The summed E-state index contributed by atoms with van der Waals surface area (Å²) >= 11 is 1.88. The minimum absolute atomic E-state index is 1.15. The maximum Gasteiger partial charge on any atom is 0.179 e. The van der Waals surface area contributed by atoms with Gasteiger partial charge in [0.15, 0.2) is 8.07 Å². The SMILES string of the molecule is c1ccc(-n2c3sc4ccccc4c3c3cccc(-c4ccc(-n5c6ccccc6c6cc([Si](c7ccccc7)(c7ccccc7)c7ccccc7)ccc65)cc4)c32)cc1. The molecule has 2 nitrogen and oxygen atoms in total. The van der Waals surface area contributed by atoms with Gasteiger partial charge in [-0.3, -0.25) is 0 Å². The Morgan fingerprint density at radius 1 is 0.350 bits per heavy atom. The quantitative estimate of drug-likeness (QED) is 0.112. The molecule has 9 aromatic carbocycles. The molecule has 0 saturated heterocycles. The summed E-state index contributed by atoms with van der Waals surface area (Å²) in [5.74, 6) is 0. The summed E-state index contributed by atoms with van der Waals surface area (Å²) in [7, 11) is -2.70. The highest BCUT2D eigenvalue weighted by molar-refractivity contribution is 7.25. The zero-order valence-corrected chi connectivity index (χ0v) is 34.6. The van der Waals surface area contributed by atoms with Crippen molar-refractivity contribution >= 4 is 93.2 Å². The summed E-state index contributed by atoms with van der Waals surface area (Å²) in [5, 5.41) is 12.0. The maximum atomic E-state index is 2.51. The number of thiophene rings is 1. The van der Waals surface area contributed by atoms with Crippen LogP contribution >= 0.6 is 11.3 Å². The summed E-state index contributed by atoms with van der Waals surface area (Å²) in [6, 6.07) is 85.5. The number of nitrogens with zero attached hydrogens (tertiary/aromatic N) is 2. The summed E-state index contributed by atoms with van der Waals surface area (Å²) in [5.41, 5.74) is 8.41. The van der Waals surface area contributed by atoms with Crippen LogP contribution in [0.2, 0.25) is 0 Å². The van der Waals surface area contributed by atoms with Gasteiger partial charge in [-0.2, -0.15) is 0 Å². The number of fused-ring (bicyclic) bond motifs is 8. The molecule has 0 atom stereocenters. The van der Waals surface area contributed by atoms with E-state index < -0.39 is 8.07 Å². The third-order valence-electron chi connectivity index (χ3n) is 12.5. The molecule has 0 aliphatic carbocycles. The molecular formula is C56H38N2SSi. The molecule has 0 radical (unpaired) electrons. The highest BCUT2D eigenvalue weighted by atomic mass is 32.1. The Labute approximate surface area is 353 Å². The molecule has 282 valence electrons. The Bertz CT molecular complexity index is 3420. The molecule has 0 amide bonds. The number of benzene rings is 9. The topological polar surface area (TPSA) is 9.86 Å². The summed E-state index contributed by atoms with van der Waals surface area (Å²) in [6.45, 7) is 0. The fourth-order valence-electron chi connectivity index (χ4n) is 9.93. The minimum atomic E-state index is -2.70. The smallest absolute Gasteiger partial charge is 0.179 e. The van der Waals surface area contributed by atoms with E-state index in [4.69, 9.17) is 0 Å². The monoisotopic (exact) mass is 798 g/mol.